The van der Waals surface area contributed by atoms with Crippen LogP contribution in [-0.2, 0) is 11.4 Å². The summed E-state index contributed by atoms with van der Waals surface area (Å²) in [4.78, 5) is 24.2. The van der Waals surface area contributed by atoms with Crippen LogP contribution in [0.15, 0.2) is 79.1 Å². The van der Waals surface area contributed by atoms with E-state index in [0.29, 0.717) is 23.6 Å². The molecule has 1 saturated heterocycles. The van der Waals surface area contributed by atoms with Crippen LogP contribution in [-0.4, -0.2) is 29.0 Å². The van der Waals surface area contributed by atoms with Crippen molar-refractivity contribution in [3.05, 3.63) is 90.3 Å². The van der Waals surface area contributed by atoms with Crippen LogP contribution in [0.3, 0.4) is 0 Å². The second kappa shape index (κ2) is 10.2. The number of rotatable bonds is 6. The van der Waals surface area contributed by atoms with E-state index in [1.54, 1.807) is 18.5 Å². The van der Waals surface area contributed by atoms with Gasteiger partial charge in [-0.05, 0) is 54.8 Å². The predicted octanol–water partition coefficient (Wildman–Crippen LogP) is 4.94. The Labute approximate surface area is 204 Å². The number of para-hydroxylation sites is 3. The van der Waals surface area contributed by atoms with Gasteiger partial charge < -0.3 is 15.0 Å². The minimum atomic E-state index is -0.0778. The molecule has 0 unspecified atom stereocenters. The Morgan fingerprint density at radius 3 is 2.54 bits per heavy atom. The number of hydrogen-bond donors (Lipinski definition) is 1. The summed E-state index contributed by atoms with van der Waals surface area (Å²) in [7, 11) is 0. The van der Waals surface area contributed by atoms with Crippen LogP contribution in [0.5, 0.6) is 5.75 Å². The quantitative estimate of drug-likeness (QED) is 0.436. The fraction of sp³-hybridized carbons (Fsp3) is 0.214. The van der Waals surface area contributed by atoms with Gasteiger partial charge in [0.15, 0.2) is 0 Å². The zero-order valence-electron chi connectivity index (χ0n) is 19.2. The third kappa shape index (κ3) is 5.07. The van der Waals surface area contributed by atoms with Gasteiger partial charge >= 0.3 is 0 Å². The highest BCUT2D eigenvalue weighted by atomic mass is 16.5. The zero-order chi connectivity index (χ0) is 24.0. The van der Waals surface area contributed by atoms with E-state index in [1.807, 2.05) is 60.7 Å². The molecule has 0 radical (unpaired) electrons. The molecule has 0 spiro atoms. The molecule has 3 aromatic carbocycles. The largest absolute Gasteiger partial charge is 0.487 e. The first kappa shape index (κ1) is 22.4. The summed E-state index contributed by atoms with van der Waals surface area (Å²) in [6, 6.07) is 24.9. The molecule has 1 amide bonds. The minimum Gasteiger partial charge on any atom is -0.487 e. The van der Waals surface area contributed by atoms with Gasteiger partial charge in [-0.2, -0.15) is 5.26 Å². The van der Waals surface area contributed by atoms with Crippen LogP contribution in [0.4, 0.5) is 11.5 Å². The SMILES string of the molecule is N#Cc1ccc(COc2ccccc2NC(=O)C2CCN(c3ncnc4ccccc34)CC2)cc1. The monoisotopic (exact) mass is 463 g/mol. The Morgan fingerprint density at radius 2 is 1.74 bits per heavy atom. The third-order valence-corrected chi connectivity index (χ3v) is 6.31. The van der Waals surface area contributed by atoms with Crippen LogP contribution in [0.1, 0.15) is 24.0 Å². The number of carbonyl (C=O) groups is 1. The Kier molecular flexibility index (Phi) is 6.53. The van der Waals surface area contributed by atoms with Gasteiger partial charge in [-0.25, -0.2) is 9.97 Å². The molecule has 35 heavy (non-hydrogen) atoms. The van der Waals surface area contributed by atoms with Gasteiger partial charge in [0.05, 0.1) is 22.8 Å². The first-order chi connectivity index (χ1) is 17.2. The molecule has 174 valence electrons. The summed E-state index contributed by atoms with van der Waals surface area (Å²) in [5.74, 6) is 1.48. The van der Waals surface area contributed by atoms with Gasteiger partial charge in [-0.3, -0.25) is 4.79 Å². The number of piperidine rings is 1. The molecule has 4 aromatic rings. The van der Waals surface area contributed by atoms with Crippen molar-refractivity contribution in [2.24, 2.45) is 5.92 Å². The Hall–Kier alpha value is -4.44. The van der Waals surface area contributed by atoms with Crippen molar-refractivity contribution in [3.8, 4) is 11.8 Å². The second-order valence-electron chi connectivity index (χ2n) is 8.56. The summed E-state index contributed by atoms with van der Waals surface area (Å²) in [5.41, 5.74) is 3.15. The Balaban J connectivity index is 1.20. The number of fused-ring (bicyclic) bond motifs is 1. The van der Waals surface area contributed by atoms with Crippen LogP contribution < -0.4 is 15.0 Å². The molecule has 0 saturated carbocycles. The second-order valence-corrected chi connectivity index (χ2v) is 8.56. The van der Waals surface area contributed by atoms with E-state index in [0.717, 1.165) is 48.2 Å². The van der Waals surface area contributed by atoms with Crippen molar-refractivity contribution in [3.63, 3.8) is 0 Å². The molecule has 7 nitrogen and oxygen atoms in total. The topological polar surface area (TPSA) is 91.1 Å². The van der Waals surface area contributed by atoms with Crippen molar-refractivity contribution in [1.29, 1.82) is 5.26 Å². The smallest absolute Gasteiger partial charge is 0.227 e. The lowest BCUT2D eigenvalue weighted by Crippen LogP contribution is -2.38. The number of nitrogens with one attached hydrogen (secondary N) is 1. The Morgan fingerprint density at radius 1 is 1.00 bits per heavy atom. The first-order valence-electron chi connectivity index (χ1n) is 11.7. The van der Waals surface area contributed by atoms with Gasteiger partial charge in [0.2, 0.25) is 5.91 Å². The summed E-state index contributed by atoms with van der Waals surface area (Å²) >= 11 is 0. The standard InChI is InChI=1S/C28H25N5O2/c29-17-20-9-11-21(12-10-20)18-35-26-8-4-3-7-25(26)32-28(34)22-13-15-33(16-14-22)27-23-5-1-2-6-24(23)30-19-31-27/h1-12,19,22H,13-16,18H2,(H,32,34). The highest BCUT2D eigenvalue weighted by Gasteiger charge is 2.27. The molecule has 0 atom stereocenters. The molecule has 7 heteroatoms. The number of carbonyl (C=O) groups excluding carboxylic acids is 1. The maximum Gasteiger partial charge on any atom is 0.227 e. The summed E-state index contributed by atoms with van der Waals surface area (Å²) in [5, 5.41) is 13.1. The van der Waals surface area contributed by atoms with Crippen molar-refractivity contribution >= 4 is 28.3 Å². The Bertz CT molecular complexity index is 1370. The maximum absolute atomic E-state index is 13.1. The molecule has 0 bridgehead atoms. The fourth-order valence-electron chi connectivity index (χ4n) is 4.36. The normalized spacial score (nSPS) is 13.9. The number of ether oxygens (including phenoxy) is 1. The molecule has 5 rings (SSSR count). The number of nitrogens with zero attached hydrogens (tertiary/aromatic N) is 4. The average molecular weight is 464 g/mol. The summed E-state index contributed by atoms with van der Waals surface area (Å²) in [6.07, 6.45) is 3.10. The fourth-order valence-corrected chi connectivity index (χ4v) is 4.36. The van der Waals surface area contributed by atoms with E-state index < -0.39 is 0 Å². The maximum atomic E-state index is 13.1. The zero-order valence-corrected chi connectivity index (χ0v) is 19.2. The van der Waals surface area contributed by atoms with E-state index in [2.05, 4.69) is 26.3 Å². The molecular formula is C28H25N5O2. The summed E-state index contributed by atoms with van der Waals surface area (Å²) < 4.78 is 5.98. The third-order valence-electron chi connectivity index (χ3n) is 6.31. The predicted molar refractivity (Wildman–Crippen MR) is 135 cm³/mol. The van der Waals surface area contributed by atoms with E-state index in [-0.39, 0.29) is 11.8 Å². The lowest BCUT2D eigenvalue weighted by molar-refractivity contribution is -0.120. The van der Waals surface area contributed by atoms with E-state index >= 15 is 0 Å². The van der Waals surface area contributed by atoms with Crippen LogP contribution in [0.2, 0.25) is 0 Å². The number of hydrogen-bond acceptors (Lipinski definition) is 6. The van der Waals surface area contributed by atoms with Crippen molar-refractivity contribution in [2.75, 3.05) is 23.3 Å². The van der Waals surface area contributed by atoms with Crippen LogP contribution in [0.25, 0.3) is 10.9 Å². The van der Waals surface area contributed by atoms with Gasteiger partial charge in [0.25, 0.3) is 0 Å². The number of nitriles is 1. The van der Waals surface area contributed by atoms with Crippen molar-refractivity contribution < 1.29 is 9.53 Å². The van der Waals surface area contributed by atoms with E-state index in [1.165, 1.54) is 0 Å². The number of aromatic nitrogens is 2. The highest BCUT2D eigenvalue weighted by molar-refractivity contribution is 5.94. The van der Waals surface area contributed by atoms with E-state index in [9.17, 15) is 4.79 Å². The molecule has 1 aliphatic rings. The summed E-state index contributed by atoms with van der Waals surface area (Å²) in [6.45, 7) is 1.87. The highest BCUT2D eigenvalue weighted by Crippen LogP contribution is 2.30. The van der Waals surface area contributed by atoms with E-state index in [4.69, 9.17) is 10.00 Å². The van der Waals surface area contributed by atoms with Gasteiger partial charge in [-0.15, -0.1) is 0 Å². The van der Waals surface area contributed by atoms with Crippen molar-refractivity contribution in [1.82, 2.24) is 9.97 Å². The molecular weight excluding hydrogens is 438 g/mol. The number of anilines is 2. The lowest BCUT2D eigenvalue weighted by Gasteiger charge is -2.32. The van der Waals surface area contributed by atoms with Gasteiger partial charge in [0, 0.05) is 24.4 Å². The van der Waals surface area contributed by atoms with Gasteiger partial charge in [0.1, 0.15) is 24.5 Å². The average Bonchev–Trinajstić information content (AvgIpc) is 2.92. The number of benzene rings is 3. The lowest BCUT2D eigenvalue weighted by atomic mass is 9.95. The molecule has 0 aliphatic carbocycles. The molecule has 1 N–H and O–H groups in total. The minimum absolute atomic E-state index is 0.00613. The van der Waals surface area contributed by atoms with Gasteiger partial charge in [-0.1, -0.05) is 36.4 Å². The molecule has 1 aromatic heterocycles. The van der Waals surface area contributed by atoms with Crippen LogP contribution >= 0.6 is 0 Å². The van der Waals surface area contributed by atoms with Crippen molar-refractivity contribution in [2.45, 2.75) is 19.4 Å². The molecule has 1 aliphatic heterocycles. The molecule has 1 fully saturated rings. The number of amides is 1. The first-order valence-corrected chi connectivity index (χ1v) is 11.7. The molecule has 2 heterocycles. The van der Waals surface area contributed by atoms with Crippen LogP contribution in [0, 0.1) is 17.2 Å².